The molecule has 0 aliphatic rings. The maximum Gasteiger partial charge on any atom is 0.154 e. The average molecular weight is 173 g/mol. The lowest BCUT2D eigenvalue weighted by Crippen LogP contribution is -1.91. The molecule has 3 heteroatoms. The molecule has 58 valence electrons. The molecule has 0 saturated carbocycles. The van der Waals surface area contributed by atoms with Crippen molar-refractivity contribution in [1.29, 1.82) is 0 Å². The van der Waals surface area contributed by atoms with E-state index in [0.29, 0.717) is 11.8 Å². The van der Waals surface area contributed by atoms with Crippen molar-refractivity contribution in [3.05, 3.63) is 34.1 Å². The van der Waals surface area contributed by atoms with Gasteiger partial charge < -0.3 is 0 Å². The molecule has 0 fully saturated rings. The van der Waals surface area contributed by atoms with Gasteiger partial charge in [0.2, 0.25) is 0 Å². The van der Waals surface area contributed by atoms with E-state index >= 15 is 0 Å². The number of carbonyl (C=O) groups excluding carboxylic acids is 1. The van der Waals surface area contributed by atoms with E-state index in [0.717, 1.165) is 0 Å². The number of benzene rings is 1. The zero-order valence-corrected chi connectivity index (χ0v) is 6.65. The molecule has 0 atom stereocenters. The highest BCUT2D eigenvalue weighted by molar-refractivity contribution is 6.33. The van der Waals surface area contributed by atoms with Crippen LogP contribution in [0.3, 0.4) is 0 Å². The molecule has 0 radical (unpaired) electrons. The minimum absolute atomic E-state index is 0.0633. The summed E-state index contributed by atoms with van der Waals surface area (Å²) in [5.41, 5.74) is 0.364. The number of rotatable bonds is 1. The van der Waals surface area contributed by atoms with E-state index in [1.165, 1.54) is 12.1 Å². The third-order valence-corrected chi connectivity index (χ3v) is 1.77. The Morgan fingerprint density at radius 3 is 2.64 bits per heavy atom. The second kappa shape index (κ2) is 3.01. The van der Waals surface area contributed by atoms with E-state index in [1.54, 1.807) is 6.92 Å². The molecule has 0 amide bonds. The van der Waals surface area contributed by atoms with Gasteiger partial charge in [-0.25, -0.2) is 4.39 Å². The van der Waals surface area contributed by atoms with E-state index in [-0.39, 0.29) is 10.6 Å². The summed E-state index contributed by atoms with van der Waals surface area (Å²) in [7, 11) is 0. The average Bonchev–Trinajstić information content (AvgIpc) is 1.99. The lowest BCUT2D eigenvalue weighted by Gasteiger charge is -1.99. The van der Waals surface area contributed by atoms with Gasteiger partial charge in [-0.3, -0.25) is 4.79 Å². The molecule has 1 nitrogen and oxygen atoms in total. The first-order chi connectivity index (χ1) is 5.16. The standard InChI is InChI=1S/C8H6ClFO/c1-5-2-3-7(9)6(4-11)8(5)10/h2-4H,1H3. The molecule has 1 aromatic carbocycles. The van der Waals surface area contributed by atoms with E-state index < -0.39 is 5.82 Å². The molecule has 0 heterocycles. The summed E-state index contributed by atoms with van der Waals surface area (Å²) in [5, 5.41) is 0.156. The fraction of sp³-hybridized carbons (Fsp3) is 0.125. The van der Waals surface area contributed by atoms with Gasteiger partial charge in [-0.2, -0.15) is 0 Å². The molecule has 0 bridgehead atoms. The first-order valence-corrected chi connectivity index (χ1v) is 3.44. The Hall–Kier alpha value is -0.890. The van der Waals surface area contributed by atoms with Crippen LogP contribution in [-0.4, -0.2) is 6.29 Å². The Morgan fingerprint density at radius 2 is 2.18 bits per heavy atom. The smallest absolute Gasteiger partial charge is 0.154 e. The summed E-state index contributed by atoms with van der Waals surface area (Å²) in [6.45, 7) is 1.58. The predicted molar refractivity (Wildman–Crippen MR) is 41.5 cm³/mol. The summed E-state index contributed by atoms with van der Waals surface area (Å²) in [6.07, 6.45) is 0.421. The Balaban J connectivity index is 3.40. The van der Waals surface area contributed by atoms with Crippen LogP contribution in [0.2, 0.25) is 5.02 Å². The summed E-state index contributed by atoms with van der Waals surface area (Å²) >= 11 is 5.53. The maximum atomic E-state index is 12.9. The first-order valence-electron chi connectivity index (χ1n) is 3.06. The number of hydrogen-bond donors (Lipinski definition) is 0. The van der Waals surface area contributed by atoms with Gasteiger partial charge in [0, 0.05) is 0 Å². The van der Waals surface area contributed by atoms with Crippen molar-refractivity contribution in [2.45, 2.75) is 6.92 Å². The highest BCUT2D eigenvalue weighted by Gasteiger charge is 2.07. The second-order valence-electron chi connectivity index (χ2n) is 2.21. The largest absolute Gasteiger partial charge is 0.298 e. The Labute approximate surface area is 68.8 Å². The Morgan fingerprint density at radius 1 is 1.55 bits per heavy atom. The summed E-state index contributed by atoms with van der Waals surface area (Å²) < 4.78 is 12.9. The van der Waals surface area contributed by atoms with Crippen molar-refractivity contribution in [3.8, 4) is 0 Å². The fourth-order valence-electron chi connectivity index (χ4n) is 0.786. The number of hydrogen-bond acceptors (Lipinski definition) is 1. The van der Waals surface area contributed by atoms with Crippen LogP contribution in [0.15, 0.2) is 12.1 Å². The monoisotopic (exact) mass is 172 g/mol. The molecule has 0 aromatic heterocycles. The van der Waals surface area contributed by atoms with Crippen LogP contribution < -0.4 is 0 Å². The number of aryl methyl sites for hydroxylation is 1. The van der Waals surface area contributed by atoms with Crippen molar-refractivity contribution >= 4 is 17.9 Å². The van der Waals surface area contributed by atoms with Crippen LogP contribution in [-0.2, 0) is 0 Å². The highest BCUT2D eigenvalue weighted by Crippen LogP contribution is 2.19. The molecule has 0 unspecified atom stereocenters. The van der Waals surface area contributed by atoms with E-state index in [2.05, 4.69) is 0 Å². The normalized spacial score (nSPS) is 9.73. The lowest BCUT2D eigenvalue weighted by molar-refractivity contribution is 0.112. The van der Waals surface area contributed by atoms with Crippen molar-refractivity contribution in [2.24, 2.45) is 0 Å². The molecule has 11 heavy (non-hydrogen) atoms. The molecule has 0 saturated heterocycles. The highest BCUT2D eigenvalue weighted by atomic mass is 35.5. The van der Waals surface area contributed by atoms with Crippen LogP contribution in [0.1, 0.15) is 15.9 Å². The van der Waals surface area contributed by atoms with Gasteiger partial charge in [-0.05, 0) is 18.6 Å². The van der Waals surface area contributed by atoms with Gasteiger partial charge in [0.25, 0.3) is 0 Å². The lowest BCUT2D eigenvalue weighted by atomic mass is 10.1. The summed E-state index contributed by atoms with van der Waals surface area (Å²) in [4.78, 5) is 10.3. The van der Waals surface area contributed by atoms with E-state index in [1.807, 2.05) is 0 Å². The maximum absolute atomic E-state index is 12.9. The molecule has 0 aliphatic heterocycles. The topological polar surface area (TPSA) is 17.1 Å². The van der Waals surface area contributed by atoms with Gasteiger partial charge in [-0.15, -0.1) is 0 Å². The zero-order chi connectivity index (χ0) is 8.43. The van der Waals surface area contributed by atoms with Crippen molar-refractivity contribution in [3.63, 3.8) is 0 Å². The van der Waals surface area contributed by atoms with Gasteiger partial charge >= 0.3 is 0 Å². The molecule has 1 aromatic rings. The molecular weight excluding hydrogens is 167 g/mol. The van der Waals surface area contributed by atoms with E-state index in [4.69, 9.17) is 11.6 Å². The van der Waals surface area contributed by atoms with Crippen LogP contribution in [0.5, 0.6) is 0 Å². The zero-order valence-electron chi connectivity index (χ0n) is 5.90. The van der Waals surface area contributed by atoms with Crippen LogP contribution >= 0.6 is 11.6 Å². The molecule has 0 aliphatic carbocycles. The summed E-state index contributed by atoms with van der Waals surface area (Å²) in [5.74, 6) is -0.535. The van der Waals surface area contributed by atoms with Gasteiger partial charge in [-0.1, -0.05) is 17.7 Å². The van der Waals surface area contributed by atoms with Gasteiger partial charge in [0.15, 0.2) is 6.29 Å². The van der Waals surface area contributed by atoms with Crippen molar-refractivity contribution < 1.29 is 9.18 Å². The van der Waals surface area contributed by atoms with Crippen molar-refractivity contribution in [2.75, 3.05) is 0 Å². The quantitative estimate of drug-likeness (QED) is 0.595. The molecule has 0 spiro atoms. The van der Waals surface area contributed by atoms with Gasteiger partial charge in [0.1, 0.15) is 5.82 Å². The molecule has 0 N–H and O–H groups in total. The number of aldehydes is 1. The number of halogens is 2. The van der Waals surface area contributed by atoms with Crippen LogP contribution in [0, 0.1) is 12.7 Å². The fourth-order valence-corrected chi connectivity index (χ4v) is 0.977. The minimum Gasteiger partial charge on any atom is -0.298 e. The third kappa shape index (κ3) is 1.40. The third-order valence-electron chi connectivity index (χ3n) is 1.44. The molecule has 1 rings (SSSR count). The Kier molecular flexibility index (Phi) is 2.25. The first kappa shape index (κ1) is 8.21. The Bertz CT molecular complexity index is 296. The summed E-state index contributed by atoms with van der Waals surface area (Å²) in [6, 6.07) is 3.04. The SMILES string of the molecule is Cc1ccc(Cl)c(C=O)c1F. The molecular formula is C8H6ClFO. The second-order valence-corrected chi connectivity index (χ2v) is 2.62. The predicted octanol–water partition coefficient (Wildman–Crippen LogP) is 2.60. The van der Waals surface area contributed by atoms with Gasteiger partial charge in [0.05, 0.1) is 10.6 Å². The van der Waals surface area contributed by atoms with Crippen LogP contribution in [0.4, 0.5) is 4.39 Å². The minimum atomic E-state index is -0.535. The van der Waals surface area contributed by atoms with E-state index in [9.17, 15) is 9.18 Å². The van der Waals surface area contributed by atoms with Crippen molar-refractivity contribution in [1.82, 2.24) is 0 Å². The number of carbonyl (C=O) groups is 1. The van der Waals surface area contributed by atoms with Crippen LogP contribution in [0.25, 0.3) is 0 Å².